The molecule has 2 rings (SSSR count). The zero-order chi connectivity index (χ0) is 15.5. The molecule has 0 aromatic heterocycles. The number of phenolic OH excluding ortho intramolecular Hbond substituents is 1. The standard InChI is InChI=1S/C14H14FNO4S/c1-2-20-14-7-6-10(8-13(14)15)16-21(18,19)12-5-3-4-11(17)9-12/h3-9,16-17H,2H2,1H3. The van der Waals surface area contributed by atoms with Crippen molar-refractivity contribution in [2.24, 2.45) is 0 Å². The van der Waals surface area contributed by atoms with Gasteiger partial charge in [0, 0.05) is 12.1 Å². The van der Waals surface area contributed by atoms with E-state index in [1.807, 2.05) is 0 Å². The van der Waals surface area contributed by atoms with Crippen molar-refractivity contribution >= 4 is 15.7 Å². The highest BCUT2D eigenvalue weighted by atomic mass is 32.2. The predicted molar refractivity (Wildman–Crippen MR) is 76.5 cm³/mol. The summed E-state index contributed by atoms with van der Waals surface area (Å²) in [5.41, 5.74) is 0.0688. The van der Waals surface area contributed by atoms with Crippen LogP contribution in [-0.2, 0) is 10.0 Å². The van der Waals surface area contributed by atoms with Crippen LogP contribution >= 0.6 is 0 Å². The summed E-state index contributed by atoms with van der Waals surface area (Å²) >= 11 is 0. The van der Waals surface area contributed by atoms with E-state index in [0.29, 0.717) is 6.61 Å². The third-order valence-electron chi connectivity index (χ3n) is 2.61. The molecule has 7 heteroatoms. The molecule has 0 amide bonds. The molecule has 0 aliphatic heterocycles. The highest BCUT2D eigenvalue weighted by Gasteiger charge is 2.15. The van der Waals surface area contributed by atoms with Gasteiger partial charge in [-0.1, -0.05) is 6.07 Å². The number of phenols is 1. The average molecular weight is 311 g/mol. The van der Waals surface area contributed by atoms with E-state index in [9.17, 15) is 17.9 Å². The van der Waals surface area contributed by atoms with Crippen LogP contribution < -0.4 is 9.46 Å². The lowest BCUT2D eigenvalue weighted by Crippen LogP contribution is -2.13. The molecule has 0 saturated heterocycles. The van der Waals surface area contributed by atoms with Crippen LogP contribution in [0.4, 0.5) is 10.1 Å². The molecule has 0 aliphatic carbocycles. The van der Waals surface area contributed by atoms with Gasteiger partial charge >= 0.3 is 0 Å². The van der Waals surface area contributed by atoms with Gasteiger partial charge in [-0.05, 0) is 31.2 Å². The Labute approximate surface area is 122 Å². The number of aromatic hydroxyl groups is 1. The lowest BCUT2D eigenvalue weighted by atomic mass is 10.3. The van der Waals surface area contributed by atoms with E-state index in [0.717, 1.165) is 12.1 Å². The molecule has 0 unspecified atom stereocenters. The first kappa shape index (κ1) is 15.1. The van der Waals surface area contributed by atoms with Crippen LogP contribution in [0.25, 0.3) is 0 Å². The molecule has 5 nitrogen and oxygen atoms in total. The molecular formula is C14H14FNO4S. The first-order valence-corrected chi connectivity index (χ1v) is 7.65. The highest BCUT2D eigenvalue weighted by Crippen LogP contribution is 2.24. The fraction of sp³-hybridized carbons (Fsp3) is 0.143. The van der Waals surface area contributed by atoms with E-state index >= 15 is 0 Å². The number of nitrogens with one attached hydrogen (secondary N) is 1. The maximum Gasteiger partial charge on any atom is 0.262 e. The Kier molecular flexibility index (Phi) is 4.32. The molecule has 0 radical (unpaired) electrons. The summed E-state index contributed by atoms with van der Waals surface area (Å²) < 4.78 is 45.2. The van der Waals surface area contributed by atoms with Gasteiger partial charge in [0.1, 0.15) is 5.75 Å². The quantitative estimate of drug-likeness (QED) is 0.890. The molecule has 112 valence electrons. The van der Waals surface area contributed by atoms with E-state index in [2.05, 4.69) is 4.72 Å². The fourth-order valence-electron chi connectivity index (χ4n) is 1.70. The first-order chi connectivity index (χ1) is 9.92. The maximum absolute atomic E-state index is 13.7. The van der Waals surface area contributed by atoms with E-state index in [-0.39, 0.29) is 22.1 Å². The highest BCUT2D eigenvalue weighted by molar-refractivity contribution is 7.92. The van der Waals surface area contributed by atoms with Crippen LogP contribution in [-0.4, -0.2) is 20.1 Å². The Morgan fingerprint density at radius 3 is 2.62 bits per heavy atom. The number of hydrogen-bond acceptors (Lipinski definition) is 4. The number of halogens is 1. The topological polar surface area (TPSA) is 75.6 Å². The Hall–Kier alpha value is -2.28. The Bertz CT molecular complexity index is 746. The molecule has 0 heterocycles. The van der Waals surface area contributed by atoms with Crippen molar-refractivity contribution in [2.75, 3.05) is 11.3 Å². The molecule has 0 aliphatic rings. The van der Waals surface area contributed by atoms with Crippen LogP contribution in [0.15, 0.2) is 47.4 Å². The van der Waals surface area contributed by atoms with Crippen LogP contribution in [0, 0.1) is 5.82 Å². The monoisotopic (exact) mass is 311 g/mol. The van der Waals surface area contributed by atoms with Crippen molar-refractivity contribution < 1.29 is 22.7 Å². The van der Waals surface area contributed by atoms with Gasteiger partial charge in [-0.2, -0.15) is 0 Å². The van der Waals surface area contributed by atoms with Gasteiger partial charge in [-0.3, -0.25) is 4.72 Å². The molecule has 0 bridgehead atoms. The van der Waals surface area contributed by atoms with Gasteiger partial charge in [-0.25, -0.2) is 12.8 Å². The summed E-state index contributed by atoms with van der Waals surface area (Å²) in [5.74, 6) is -0.776. The third kappa shape index (κ3) is 3.63. The summed E-state index contributed by atoms with van der Waals surface area (Å²) in [4.78, 5) is -0.114. The molecule has 2 aromatic carbocycles. The molecule has 0 atom stereocenters. The predicted octanol–water partition coefficient (Wildman–Crippen LogP) is 2.73. The number of rotatable bonds is 5. The second-order valence-corrected chi connectivity index (χ2v) is 5.86. The minimum Gasteiger partial charge on any atom is -0.508 e. The summed E-state index contributed by atoms with van der Waals surface area (Å²) in [6.07, 6.45) is 0. The molecule has 0 fully saturated rings. The van der Waals surface area contributed by atoms with Gasteiger partial charge in [0.2, 0.25) is 0 Å². The molecule has 2 N–H and O–H groups in total. The second kappa shape index (κ2) is 6.01. The third-order valence-corrected chi connectivity index (χ3v) is 3.99. The summed E-state index contributed by atoms with van der Waals surface area (Å²) in [6.45, 7) is 2.03. The number of hydrogen-bond donors (Lipinski definition) is 2. The molecule has 0 saturated carbocycles. The van der Waals surface area contributed by atoms with E-state index in [1.54, 1.807) is 6.92 Å². The van der Waals surface area contributed by atoms with Crippen molar-refractivity contribution in [3.05, 3.63) is 48.3 Å². The van der Waals surface area contributed by atoms with Gasteiger partial charge in [0.25, 0.3) is 10.0 Å². The average Bonchev–Trinajstić information content (AvgIpc) is 2.42. The van der Waals surface area contributed by atoms with Gasteiger partial charge in [0.05, 0.1) is 17.2 Å². The minimum absolute atomic E-state index is 0.0535. The van der Waals surface area contributed by atoms with Crippen LogP contribution in [0.2, 0.25) is 0 Å². The maximum atomic E-state index is 13.7. The summed E-state index contributed by atoms with van der Waals surface area (Å²) in [7, 11) is -3.90. The Morgan fingerprint density at radius 2 is 2.00 bits per heavy atom. The molecule has 21 heavy (non-hydrogen) atoms. The SMILES string of the molecule is CCOc1ccc(NS(=O)(=O)c2cccc(O)c2)cc1F. The largest absolute Gasteiger partial charge is 0.508 e. The van der Waals surface area contributed by atoms with Gasteiger partial charge in [0.15, 0.2) is 11.6 Å². The number of anilines is 1. The smallest absolute Gasteiger partial charge is 0.262 e. The lowest BCUT2D eigenvalue weighted by molar-refractivity contribution is 0.321. The number of sulfonamides is 1. The van der Waals surface area contributed by atoms with Crippen LogP contribution in [0.1, 0.15) is 6.92 Å². The molecule has 2 aromatic rings. The zero-order valence-corrected chi connectivity index (χ0v) is 12.0. The number of benzene rings is 2. The Morgan fingerprint density at radius 1 is 1.24 bits per heavy atom. The fourth-order valence-corrected chi connectivity index (χ4v) is 2.79. The zero-order valence-electron chi connectivity index (χ0n) is 11.2. The second-order valence-electron chi connectivity index (χ2n) is 4.18. The van der Waals surface area contributed by atoms with Gasteiger partial charge in [-0.15, -0.1) is 0 Å². The van der Waals surface area contributed by atoms with Crippen molar-refractivity contribution in [1.82, 2.24) is 0 Å². The molecular weight excluding hydrogens is 297 g/mol. The van der Waals surface area contributed by atoms with E-state index in [4.69, 9.17) is 4.74 Å². The summed E-state index contributed by atoms with van der Waals surface area (Å²) in [6, 6.07) is 8.97. The first-order valence-electron chi connectivity index (χ1n) is 6.16. The number of ether oxygens (including phenoxy) is 1. The van der Waals surface area contributed by atoms with Crippen molar-refractivity contribution in [1.29, 1.82) is 0 Å². The van der Waals surface area contributed by atoms with Gasteiger partial charge < -0.3 is 9.84 Å². The van der Waals surface area contributed by atoms with Crippen LogP contribution in [0.3, 0.4) is 0 Å². The van der Waals surface area contributed by atoms with Crippen molar-refractivity contribution in [3.8, 4) is 11.5 Å². The normalized spacial score (nSPS) is 11.1. The lowest BCUT2D eigenvalue weighted by Gasteiger charge is -2.10. The summed E-state index contributed by atoms with van der Waals surface area (Å²) in [5, 5.41) is 9.31. The van der Waals surface area contributed by atoms with Crippen LogP contribution in [0.5, 0.6) is 11.5 Å². The molecule has 0 spiro atoms. The van der Waals surface area contributed by atoms with E-state index < -0.39 is 15.8 Å². The van der Waals surface area contributed by atoms with Crippen molar-refractivity contribution in [2.45, 2.75) is 11.8 Å². The van der Waals surface area contributed by atoms with Crippen molar-refractivity contribution in [3.63, 3.8) is 0 Å². The van der Waals surface area contributed by atoms with E-state index in [1.165, 1.54) is 30.3 Å². The minimum atomic E-state index is -3.90. The Balaban J connectivity index is 2.27.